The number of imide groups is 1. The summed E-state index contributed by atoms with van der Waals surface area (Å²) in [5.41, 5.74) is 2.94. The number of piperidine rings is 1. The molecule has 0 bridgehead atoms. The number of benzene rings is 2. The zero-order valence-electron chi connectivity index (χ0n) is 18.1. The molecule has 2 amide bonds. The lowest BCUT2D eigenvalue weighted by Gasteiger charge is -2.39. The first-order valence-corrected chi connectivity index (χ1v) is 12.0. The Kier molecular flexibility index (Phi) is 7.26. The standard InChI is InChI=1S/C24H25F2N3O2S.ClH/c25-16-3-6-18(7-4-16)29-21-8-5-17(26)13-19(21)20-14-27(12-9-22(20)29)10-1-2-11-28-23(30)15-32-24(28)31;/h3-8,13,20,22H,1-2,9-12,14-15H2;1H. The molecule has 0 aromatic heterocycles. The number of likely N-dealkylation sites (tertiary alicyclic amines) is 1. The van der Waals surface area contributed by atoms with Crippen molar-refractivity contribution in [2.45, 2.75) is 31.2 Å². The van der Waals surface area contributed by atoms with E-state index >= 15 is 0 Å². The minimum absolute atomic E-state index is 0. The summed E-state index contributed by atoms with van der Waals surface area (Å²) < 4.78 is 27.6. The molecule has 0 radical (unpaired) electrons. The highest BCUT2D eigenvalue weighted by molar-refractivity contribution is 8.14. The molecule has 2 aromatic carbocycles. The molecule has 2 atom stereocenters. The van der Waals surface area contributed by atoms with Crippen molar-refractivity contribution >= 4 is 46.7 Å². The van der Waals surface area contributed by atoms with Gasteiger partial charge in [0.15, 0.2) is 0 Å². The molecule has 2 aromatic rings. The van der Waals surface area contributed by atoms with Gasteiger partial charge >= 0.3 is 0 Å². The van der Waals surface area contributed by atoms with Crippen LogP contribution >= 0.6 is 24.2 Å². The molecule has 2 saturated heterocycles. The molecule has 0 N–H and O–H groups in total. The van der Waals surface area contributed by atoms with Crippen LogP contribution in [-0.4, -0.2) is 58.9 Å². The van der Waals surface area contributed by atoms with Crippen molar-refractivity contribution in [3.8, 4) is 0 Å². The SMILES string of the molecule is Cl.O=C1CSC(=O)N1CCCCN1CCC2C(C1)c1cc(F)ccc1N2c1ccc(F)cc1. The van der Waals surface area contributed by atoms with Crippen LogP contribution in [0.1, 0.15) is 30.7 Å². The Morgan fingerprint density at radius 3 is 2.42 bits per heavy atom. The molecular weight excluding hydrogens is 468 g/mol. The molecule has 2 fully saturated rings. The summed E-state index contributed by atoms with van der Waals surface area (Å²) in [4.78, 5) is 29.4. The molecule has 0 aliphatic carbocycles. The van der Waals surface area contributed by atoms with E-state index in [9.17, 15) is 18.4 Å². The largest absolute Gasteiger partial charge is 0.337 e. The summed E-state index contributed by atoms with van der Waals surface area (Å²) in [6, 6.07) is 11.7. The second-order valence-corrected chi connectivity index (χ2v) is 9.55. The zero-order chi connectivity index (χ0) is 22.2. The van der Waals surface area contributed by atoms with E-state index in [-0.39, 0.29) is 52.9 Å². The molecule has 0 saturated carbocycles. The van der Waals surface area contributed by atoms with Crippen molar-refractivity contribution < 1.29 is 18.4 Å². The van der Waals surface area contributed by atoms with Crippen molar-refractivity contribution in [2.24, 2.45) is 0 Å². The van der Waals surface area contributed by atoms with Gasteiger partial charge in [-0.1, -0.05) is 11.8 Å². The number of halogens is 3. The maximum absolute atomic E-state index is 14.1. The van der Waals surface area contributed by atoms with Crippen LogP contribution in [0.15, 0.2) is 42.5 Å². The molecule has 5 rings (SSSR count). The fourth-order valence-electron chi connectivity index (χ4n) is 5.18. The Morgan fingerprint density at radius 1 is 0.970 bits per heavy atom. The monoisotopic (exact) mass is 493 g/mol. The molecule has 5 nitrogen and oxygen atoms in total. The van der Waals surface area contributed by atoms with Gasteiger partial charge in [-0.25, -0.2) is 8.78 Å². The Bertz CT molecular complexity index is 1020. The minimum atomic E-state index is -0.269. The number of carbonyl (C=O) groups is 2. The average Bonchev–Trinajstić information content (AvgIpc) is 3.28. The van der Waals surface area contributed by atoms with Crippen molar-refractivity contribution in [2.75, 3.05) is 36.8 Å². The molecule has 9 heteroatoms. The second kappa shape index (κ2) is 9.99. The van der Waals surface area contributed by atoms with E-state index in [4.69, 9.17) is 0 Å². The van der Waals surface area contributed by atoms with Gasteiger partial charge in [0.05, 0.1) is 5.75 Å². The first-order chi connectivity index (χ1) is 15.5. The smallest absolute Gasteiger partial charge is 0.288 e. The van der Waals surface area contributed by atoms with Gasteiger partial charge in [0.25, 0.3) is 5.24 Å². The van der Waals surface area contributed by atoms with Gasteiger partial charge in [-0.15, -0.1) is 12.4 Å². The Morgan fingerprint density at radius 2 is 1.70 bits per heavy atom. The van der Waals surface area contributed by atoms with E-state index < -0.39 is 0 Å². The number of thioether (sulfide) groups is 1. The lowest BCUT2D eigenvalue weighted by Crippen LogP contribution is -2.45. The van der Waals surface area contributed by atoms with Gasteiger partial charge in [0.2, 0.25) is 5.91 Å². The maximum atomic E-state index is 14.1. The number of nitrogens with zero attached hydrogens (tertiary/aromatic N) is 3. The lowest BCUT2D eigenvalue weighted by atomic mass is 9.89. The molecule has 2 unspecified atom stereocenters. The van der Waals surface area contributed by atoms with Crippen molar-refractivity contribution in [3.63, 3.8) is 0 Å². The maximum Gasteiger partial charge on any atom is 0.288 e. The Labute approximate surface area is 202 Å². The van der Waals surface area contributed by atoms with Gasteiger partial charge in [-0.05, 0) is 73.8 Å². The molecule has 0 spiro atoms. The second-order valence-electron chi connectivity index (χ2n) is 8.62. The van der Waals surface area contributed by atoms with Gasteiger partial charge < -0.3 is 9.80 Å². The highest BCUT2D eigenvalue weighted by atomic mass is 35.5. The molecule has 3 heterocycles. The third-order valence-corrected chi connectivity index (χ3v) is 7.55. The van der Waals surface area contributed by atoms with Crippen LogP contribution < -0.4 is 4.90 Å². The van der Waals surface area contributed by atoms with Gasteiger partial charge in [0.1, 0.15) is 11.6 Å². The number of hydrogen-bond acceptors (Lipinski definition) is 5. The molecule has 176 valence electrons. The van der Waals surface area contributed by atoms with E-state index in [1.807, 2.05) is 6.07 Å². The fraction of sp³-hybridized carbons (Fsp3) is 0.417. The van der Waals surface area contributed by atoms with Crippen LogP contribution in [-0.2, 0) is 4.79 Å². The summed E-state index contributed by atoms with van der Waals surface area (Å²) in [7, 11) is 0. The van der Waals surface area contributed by atoms with Crippen LogP contribution in [0.5, 0.6) is 0 Å². The molecular formula is C24H26ClF2N3O2S. The Hall–Kier alpha value is -2.16. The minimum Gasteiger partial charge on any atom is -0.337 e. The van der Waals surface area contributed by atoms with Gasteiger partial charge in [-0.3, -0.25) is 14.5 Å². The van der Waals surface area contributed by atoms with Gasteiger partial charge in [-0.2, -0.15) is 0 Å². The molecule has 33 heavy (non-hydrogen) atoms. The summed E-state index contributed by atoms with van der Waals surface area (Å²) >= 11 is 1.07. The summed E-state index contributed by atoms with van der Waals surface area (Å²) in [6.07, 6.45) is 2.62. The van der Waals surface area contributed by atoms with Crippen LogP contribution in [0.3, 0.4) is 0 Å². The summed E-state index contributed by atoms with van der Waals surface area (Å²) in [6.45, 7) is 3.12. The summed E-state index contributed by atoms with van der Waals surface area (Å²) in [5, 5.41) is -0.138. The molecule has 3 aliphatic heterocycles. The van der Waals surface area contributed by atoms with Crippen molar-refractivity contribution in [1.82, 2.24) is 9.80 Å². The van der Waals surface area contributed by atoms with Crippen molar-refractivity contribution in [3.05, 3.63) is 59.7 Å². The average molecular weight is 494 g/mol. The lowest BCUT2D eigenvalue weighted by molar-refractivity contribution is -0.124. The number of anilines is 2. The predicted molar refractivity (Wildman–Crippen MR) is 129 cm³/mol. The topological polar surface area (TPSA) is 43.9 Å². The van der Waals surface area contributed by atoms with E-state index in [0.717, 1.165) is 67.6 Å². The normalized spacial score (nSPS) is 22.4. The van der Waals surface area contributed by atoms with E-state index in [1.165, 1.54) is 23.1 Å². The van der Waals surface area contributed by atoms with Crippen LogP contribution in [0.2, 0.25) is 0 Å². The number of unbranched alkanes of at least 4 members (excludes halogenated alkanes) is 1. The van der Waals surface area contributed by atoms with Crippen LogP contribution in [0, 0.1) is 11.6 Å². The molecule has 3 aliphatic rings. The Balaban J connectivity index is 0.00000259. The summed E-state index contributed by atoms with van der Waals surface area (Å²) in [5.74, 6) is -0.161. The fourth-order valence-corrected chi connectivity index (χ4v) is 5.93. The van der Waals surface area contributed by atoms with E-state index in [0.29, 0.717) is 6.54 Å². The number of hydrogen-bond donors (Lipinski definition) is 0. The first kappa shape index (κ1) is 24.0. The highest BCUT2D eigenvalue weighted by Crippen LogP contribution is 2.48. The van der Waals surface area contributed by atoms with Crippen LogP contribution in [0.25, 0.3) is 0 Å². The zero-order valence-corrected chi connectivity index (χ0v) is 19.7. The highest BCUT2D eigenvalue weighted by Gasteiger charge is 2.42. The number of rotatable bonds is 6. The number of carbonyl (C=O) groups excluding carboxylic acids is 2. The number of amides is 2. The van der Waals surface area contributed by atoms with Crippen molar-refractivity contribution in [1.29, 1.82) is 0 Å². The van der Waals surface area contributed by atoms with Crippen LogP contribution in [0.4, 0.5) is 25.0 Å². The number of fused-ring (bicyclic) bond motifs is 3. The van der Waals surface area contributed by atoms with E-state index in [1.54, 1.807) is 18.2 Å². The quantitative estimate of drug-likeness (QED) is 0.519. The predicted octanol–water partition coefficient (Wildman–Crippen LogP) is 5.17. The van der Waals surface area contributed by atoms with E-state index in [2.05, 4.69) is 9.80 Å². The van der Waals surface area contributed by atoms with Gasteiger partial charge in [0, 0.05) is 43.0 Å². The third-order valence-electron chi connectivity index (χ3n) is 6.69. The first-order valence-electron chi connectivity index (χ1n) is 11.0. The third kappa shape index (κ3) is 4.74.